The van der Waals surface area contributed by atoms with E-state index >= 15 is 0 Å². The van der Waals surface area contributed by atoms with Gasteiger partial charge < -0.3 is 0 Å². The maximum Gasteiger partial charge on any atom is -0.0354 e. The van der Waals surface area contributed by atoms with Gasteiger partial charge in [-0.15, -0.1) is 0 Å². The van der Waals surface area contributed by atoms with Crippen molar-refractivity contribution in [3.63, 3.8) is 0 Å². The molecule has 0 nitrogen and oxygen atoms in total. The first kappa shape index (κ1) is 39.8. The van der Waals surface area contributed by atoms with Crippen LogP contribution < -0.4 is 0 Å². The Morgan fingerprint density at radius 3 is 0.936 bits per heavy atom. The van der Waals surface area contributed by atoms with Crippen LogP contribution in [0.25, 0.3) is 0 Å². The summed E-state index contributed by atoms with van der Waals surface area (Å²) in [7, 11) is 0. The van der Waals surface area contributed by atoms with E-state index in [0.29, 0.717) is 5.41 Å². The van der Waals surface area contributed by atoms with Crippen LogP contribution in [0.5, 0.6) is 0 Å². The number of hydrogen-bond donors (Lipinski definition) is 0. The first-order chi connectivity index (χ1) is 22.9. The van der Waals surface area contributed by atoms with E-state index in [-0.39, 0.29) is 0 Å². The summed E-state index contributed by atoms with van der Waals surface area (Å²) in [6.45, 7) is 12.2. The molecular formula is C47H88. The molecule has 0 radical (unpaired) electrons. The first-order valence-electron chi connectivity index (χ1n) is 22.9. The highest BCUT2D eigenvalue weighted by molar-refractivity contribution is 4.96. The summed E-state index contributed by atoms with van der Waals surface area (Å²) >= 11 is 0. The molecule has 0 N–H and O–H groups in total. The lowest BCUT2D eigenvalue weighted by atomic mass is 9.75. The third-order valence-electron chi connectivity index (χ3n) is 14.3. The van der Waals surface area contributed by atoms with Gasteiger partial charge in [-0.1, -0.05) is 189 Å². The summed E-state index contributed by atoms with van der Waals surface area (Å²) in [4.78, 5) is 0. The van der Waals surface area contributed by atoms with Crippen molar-refractivity contribution in [1.82, 2.24) is 0 Å². The molecule has 0 aromatic carbocycles. The maximum absolute atomic E-state index is 2.52. The molecule has 4 fully saturated rings. The molecule has 4 aliphatic carbocycles. The van der Waals surface area contributed by atoms with Gasteiger partial charge in [-0.2, -0.15) is 0 Å². The molecule has 0 bridgehead atoms. The van der Waals surface area contributed by atoms with Crippen LogP contribution in [-0.4, -0.2) is 0 Å². The number of hydrogen-bond acceptors (Lipinski definition) is 0. The third-order valence-corrected chi connectivity index (χ3v) is 14.3. The van der Waals surface area contributed by atoms with E-state index in [9.17, 15) is 0 Å². The van der Waals surface area contributed by atoms with Gasteiger partial charge in [-0.05, 0) is 110 Å². The van der Waals surface area contributed by atoms with Crippen molar-refractivity contribution in [3.05, 3.63) is 0 Å². The van der Waals surface area contributed by atoms with E-state index in [2.05, 4.69) is 34.6 Å². The van der Waals surface area contributed by atoms with E-state index in [0.717, 1.165) is 53.3 Å². The van der Waals surface area contributed by atoms with Gasteiger partial charge in [0.15, 0.2) is 0 Å². The van der Waals surface area contributed by atoms with Gasteiger partial charge >= 0.3 is 0 Å². The monoisotopic (exact) mass is 653 g/mol. The zero-order valence-electron chi connectivity index (χ0n) is 33.3. The second-order valence-electron chi connectivity index (χ2n) is 19.7. The summed E-state index contributed by atoms with van der Waals surface area (Å²) in [5.74, 6) is 10.1. The van der Waals surface area contributed by atoms with Gasteiger partial charge in [-0.25, -0.2) is 0 Å². The molecule has 47 heavy (non-hydrogen) atoms. The minimum absolute atomic E-state index is 0.493. The van der Waals surface area contributed by atoms with Gasteiger partial charge in [-0.3, -0.25) is 0 Å². The van der Waals surface area contributed by atoms with E-state index < -0.39 is 0 Å². The lowest BCUT2D eigenvalue weighted by Gasteiger charge is -2.31. The standard InChI is InChI=1S/C47H88/c1-6-8-10-20-26-38-32-42(38)36-44-34-40(44)28-22-16-12-14-18-24-30-46(47(3,4)5)31-25-19-15-13-17-23-29-41-35-45(41)37-43-33-39(43)27-21-11-9-7-2/h38-46H,6-37H2,1-5H3. The predicted octanol–water partition coefficient (Wildman–Crippen LogP) is 16.2. The molecule has 8 atom stereocenters. The lowest BCUT2D eigenvalue weighted by Crippen LogP contribution is -2.20. The molecule has 0 saturated heterocycles. The fourth-order valence-corrected chi connectivity index (χ4v) is 10.3. The normalized spacial score (nSPS) is 30.1. The van der Waals surface area contributed by atoms with Crippen molar-refractivity contribution in [2.24, 2.45) is 58.7 Å². The summed E-state index contributed by atoms with van der Waals surface area (Å²) in [6, 6.07) is 0. The van der Waals surface area contributed by atoms with Gasteiger partial charge in [0.2, 0.25) is 0 Å². The molecule has 0 spiro atoms. The Morgan fingerprint density at radius 1 is 0.362 bits per heavy atom. The molecule has 4 aliphatic rings. The average molecular weight is 653 g/mol. The Kier molecular flexibility index (Phi) is 18.7. The largest absolute Gasteiger partial charge is 0.0654 e. The molecule has 0 amide bonds. The van der Waals surface area contributed by atoms with Crippen molar-refractivity contribution in [3.8, 4) is 0 Å². The second-order valence-corrected chi connectivity index (χ2v) is 19.7. The molecule has 8 unspecified atom stereocenters. The highest BCUT2D eigenvalue weighted by atomic mass is 14.5. The molecule has 0 aromatic heterocycles. The quantitative estimate of drug-likeness (QED) is 0.0634. The van der Waals surface area contributed by atoms with Crippen molar-refractivity contribution in [1.29, 1.82) is 0 Å². The zero-order chi connectivity index (χ0) is 33.3. The molecule has 4 rings (SSSR count). The van der Waals surface area contributed by atoms with Crippen LogP contribution in [0.2, 0.25) is 0 Å². The fraction of sp³-hybridized carbons (Fsp3) is 1.00. The van der Waals surface area contributed by atoms with Gasteiger partial charge in [0.25, 0.3) is 0 Å². The molecule has 4 saturated carbocycles. The van der Waals surface area contributed by atoms with Crippen LogP contribution in [-0.2, 0) is 0 Å². The van der Waals surface area contributed by atoms with Crippen molar-refractivity contribution >= 4 is 0 Å². The second kappa shape index (κ2) is 22.0. The van der Waals surface area contributed by atoms with Crippen LogP contribution in [0.1, 0.15) is 240 Å². The van der Waals surface area contributed by atoms with Crippen molar-refractivity contribution in [2.45, 2.75) is 240 Å². The topological polar surface area (TPSA) is 0 Å². The van der Waals surface area contributed by atoms with Gasteiger partial charge in [0, 0.05) is 0 Å². The Bertz CT molecular complexity index is 715. The van der Waals surface area contributed by atoms with E-state index in [1.54, 1.807) is 64.2 Å². The Morgan fingerprint density at radius 2 is 0.638 bits per heavy atom. The summed E-state index contributed by atoms with van der Waals surface area (Å²) in [5, 5.41) is 0. The maximum atomic E-state index is 2.52. The minimum atomic E-state index is 0.493. The first-order valence-corrected chi connectivity index (χ1v) is 22.9. The van der Waals surface area contributed by atoms with Crippen molar-refractivity contribution < 1.29 is 0 Å². The zero-order valence-corrected chi connectivity index (χ0v) is 33.3. The Balaban J connectivity index is 0.881. The van der Waals surface area contributed by atoms with E-state index in [4.69, 9.17) is 0 Å². The van der Waals surface area contributed by atoms with Crippen LogP contribution in [0.4, 0.5) is 0 Å². The van der Waals surface area contributed by atoms with E-state index in [1.165, 1.54) is 141 Å². The smallest absolute Gasteiger partial charge is 0.0354 e. The minimum Gasteiger partial charge on any atom is -0.0654 e. The van der Waals surface area contributed by atoms with E-state index in [1.807, 2.05) is 0 Å². The van der Waals surface area contributed by atoms with Gasteiger partial charge in [0.1, 0.15) is 0 Å². The summed E-state index contributed by atoms with van der Waals surface area (Å²) in [5.41, 5.74) is 0.493. The van der Waals surface area contributed by atoms with Crippen LogP contribution in [0.3, 0.4) is 0 Å². The highest BCUT2D eigenvalue weighted by Crippen LogP contribution is 2.55. The van der Waals surface area contributed by atoms with Crippen LogP contribution in [0, 0.1) is 58.7 Å². The number of rotatable bonds is 32. The Hall–Kier alpha value is 0. The fourth-order valence-electron chi connectivity index (χ4n) is 10.3. The molecule has 0 aliphatic heterocycles. The molecule has 0 heterocycles. The number of unbranched alkanes of at least 4 members (excludes halogenated alkanes) is 16. The SMILES string of the molecule is CCCCCCC1CC1CC1CC1CCCCCCCCC(CCCCCCCCC1CC1CC1CC1CCCCCC)C(C)(C)C. The average Bonchev–Trinajstić information content (AvgIpc) is 3.86. The predicted molar refractivity (Wildman–Crippen MR) is 210 cm³/mol. The van der Waals surface area contributed by atoms with Crippen LogP contribution >= 0.6 is 0 Å². The molecule has 0 aromatic rings. The molecule has 0 heteroatoms. The Labute approximate surface area is 298 Å². The third kappa shape index (κ3) is 17.2. The van der Waals surface area contributed by atoms with Gasteiger partial charge in [0.05, 0.1) is 0 Å². The lowest BCUT2D eigenvalue weighted by molar-refractivity contribution is 0.201. The summed E-state index contributed by atoms with van der Waals surface area (Å²) < 4.78 is 0. The van der Waals surface area contributed by atoms with Crippen molar-refractivity contribution in [2.75, 3.05) is 0 Å². The highest BCUT2D eigenvalue weighted by Gasteiger charge is 2.45. The molecular weight excluding hydrogens is 565 g/mol. The van der Waals surface area contributed by atoms with Crippen LogP contribution in [0.15, 0.2) is 0 Å². The molecule has 276 valence electrons. The summed E-state index contributed by atoms with van der Waals surface area (Å²) in [6.07, 6.45) is 48.5.